The highest BCUT2D eigenvalue weighted by Gasteiger charge is 2.42. The van der Waals surface area contributed by atoms with Gasteiger partial charge >= 0.3 is 12.1 Å². The number of esters is 1. The molecule has 0 saturated carbocycles. The highest BCUT2D eigenvalue weighted by molar-refractivity contribution is 5.97. The Bertz CT molecular complexity index is 551. The molecule has 2 heterocycles. The predicted octanol–water partition coefficient (Wildman–Crippen LogP) is 0.751. The van der Waals surface area contributed by atoms with Crippen LogP contribution in [0.25, 0.3) is 0 Å². The Morgan fingerprint density at radius 1 is 1.50 bits per heavy atom. The molecule has 1 N–H and O–H groups in total. The number of alkyl halides is 3. The van der Waals surface area contributed by atoms with E-state index in [9.17, 15) is 22.8 Å². The van der Waals surface area contributed by atoms with Crippen LogP contribution in [0.2, 0.25) is 0 Å². The first kappa shape index (κ1) is 14.4. The molecule has 0 radical (unpaired) electrons. The minimum atomic E-state index is -4.75. The molecule has 0 bridgehead atoms. The number of aromatic nitrogens is 2. The minimum absolute atomic E-state index is 0.106. The van der Waals surface area contributed by atoms with E-state index in [2.05, 4.69) is 15.2 Å². The van der Waals surface area contributed by atoms with Gasteiger partial charge in [0.25, 0.3) is 5.91 Å². The van der Waals surface area contributed by atoms with Gasteiger partial charge in [-0.3, -0.25) is 14.3 Å². The molecule has 110 valence electrons. The Hall–Kier alpha value is -2.06. The summed E-state index contributed by atoms with van der Waals surface area (Å²) in [7, 11) is 0. The summed E-state index contributed by atoms with van der Waals surface area (Å²) < 4.78 is 44.2. The molecule has 0 aliphatic carbocycles. The van der Waals surface area contributed by atoms with E-state index >= 15 is 0 Å². The summed E-state index contributed by atoms with van der Waals surface area (Å²) >= 11 is 0. The van der Waals surface area contributed by atoms with E-state index in [1.165, 1.54) is 0 Å². The summed E-state index contributed by atoms with van der Waals surface area (Å²) in [5.74, 6) is -1.52. The van der Waals surface area contributed by atoms with E-state index in [1.54, 1.807) is 6.92 Å². The van der Waals surface area contributed by atoms with E-state index in [4.69, 9.17) is 0 Å². The summed E-state index contributed by atoms with van der Waals surface area (Å²) in [6.45, 7) is 1.47. The van der Waals surface area contributed by atoms with E-state index in [-0.39, 0.29) is 25.3 Å². The van der Waals surface area contributed by atoms with Crippen LogP contribution in [0, 0.1) is 0 Å². The lowest BCUT2D eigenvalue weighted by molar-refractivity contribution is -0.146. The van der Waals surface area contributed by atoms with E-state index in [0.29, 0.717) is 0 Å². The van der Waals surface area contributed by atoms with Gasteiger partial charge in [0.2, 0.25) is 0 Å². The third-order valence-corrected chi connectivity index (χ3v) is 2.78. The molecule has 0 fully saturated rings. The van der Waals surface area contributed by atoms with Crippen molar-refractivity contribution in [2.24, 2.45) is 0 Å². The van der Waals surface area contributed by atoms with Crippen LogP contribution < -0.4 is 5.32 Å². The number of carbonyl (C=O) groups is 2. The standard InChI is InChI=1S/C11H12F3N3O3/c1-2-20-7(18)5-17-6-3-4-15-10(19)8(6)9(16-17)11(12,13)14/h2-5H2,1H3,(H,15,19). The second-order valence-electron chi connectivity index (χ2n) is 4.14. The van der Waals surface area contributed by atoms with Crippen LogP contribution in [0.1, 0.15) is 28.7 Å². The molecule has 1 amide bonds. The average molecular weight is 291 g/mol. The number of rotatable bonds is 3. The molecule has 2 rings (SSSR count). The number of amides is 1. The fourth-order valence-electron chi connectivity index (χ4n) is 2.03. The van der Waals surface area contributed by atoms with Crippen LogP contribution >= 0.6 is 0 Å². The molecule has 0 unspecified atom stereocenters. The molecule has 9 heteroatoms. The Kier molecular flexibility index (Phi) is 3.69. The lowest BCUT2D eigenvalue weighted by atomic mass is 10.1. The van der Waals surface area contributed by atoms with Crippen molar-refractivity contribution in [3.63, 3.8) is 0 Å². The monoisotopic (exact) mass is 291 g/mol. The summed E-state index contributed by atoms with van der Waals surface area (Å²) in [6, 6.07) is 0. The number of fused-ring (bicyclic) bond motifs is 1. The number of carbonyl (C=O) groups excluding carboxylic acids is 2. The molecule has 0 saturated heterocycles. The van der Waals surface area contributed by atoms with E-state index < -0.39 is 35.9 Å². The first-order valence-corrected chi connectivity index (χ1v) is 5.95. The summed E-state index contributed by atoms with van der Waals surface area (Å²) in [5, 5.41) is 5.70. The molecule has 1 aliphatic rings. The van der Waals surface area contributed by atoms with Gasteiger partial charge in [0, 0.05) is 13.0 Å². The smallest absolute Gasteiger partial charge is 0.435 e. The van der Waals surface area contributed by atoms with Crippen LogP contribution in [0.4, 0.5) is 13.2 Å². The van der Waals surface area contributed by atoms with Crippen molar-refractivity contribution in [2.45, 2.75) is 26.1 Å². The van der Waals surface area contributed by atoms with Crippen molar-refractivity contribution in [1.29, 1.82) is 0 Å². The maximum atomic E-state index is 12.9. The van der Waals surface area contributed by atoms with Crippen molar-refractivity contribution in [1.82, 2.24) is 15.1 Å². The second kappa shape index (κ2) is 5.14. The van der Waals surface area contributed by atoms with Gasteiger partial charge in [-0.25, -0.2) is 0 Å². The Labute approximate surface area is 111 Å². The number of ether oxygens (including phenoxy) is 1. The fourth-order valence-corrected chi connectivity index (χ4v) is 2.03. The summed E-state index contributed by atoms with van der Waals surface area (Å²) in [4.78, 5) is 23.0. The topological polar surface area (TPSA) is 73.2 Å². The summed E-state index contributed by atoms with van der Waals surface area (Å²) in [6.07, 6.45) is -4.57. The molecule has 1 aromatic heterocycles. The highest BCUT2D eigenvalue weighted by Crippen LogP contribution is 2.33. The molecule has 6 nitrogen and oxygen atoms in total. The second-order valence-corrected chi connectivity index (χ2v) is 4.14. The van der Waals surface area contributed by atoms with E-state index in [0.717, 1.165) is 4.68 Å². The number of hydrogen-bond acceptors (Lipinski definition) is 4. The lowest BCUT2D eigenvalue weighted by Crippen LogP contribution is -2.34. The van der Waals surface area contributed by atoms with Crippen molar-refractivity contribution < 1.29 is 27.5 Å². The molecule has 20 heavy (non-hydrogen) atoms. The molecular formula is C11H12F3N3O3. The van der Waals surface area contributed by atoms with E-state index in [1.807, 2.05) is 0 Å². The zero-order valence-corrected chi connectivity index (χ0v) is 10.6. The van der Waals surface area contributed by atoms with Crippen molar-refractivity contribution >= 4 is 11.9 Å². The zero-order chi connectivity index (χ0) is 14.9. The molecule has 0 aromatic carbocycles. The van der Waals surface area contributed by atoms with Crippen LogP contribution in [0.15, 0.2) is 0 Å². The predicted molar refractivity (Wildman–Crippen MR) is 59.9 cm³/mol. The molecule has 0 spiro atoms. The van der Waals surface area contributed by atoms with Crippen LogP contribution in [0.3, 0.4) is 0 Å². The lowest BCUT2D eigenvalue weighted by Gasteiger charge is -2.15. The van der Waals surface area contributed by atoms with Crippen molar-refractivity contribution in [3.8, 4) is 0 Å². The highest BCUT2D eigenvalue weighted by atomic mass is 19.4. The quantitative estimate of drug-likeness (QED) is 0.834. The third kappa shape index (κ3) is 2.61. The normalized spacial score (nSPS) is 14.7. The first-order chi connectivity index (χ1) is 9.34. The van der Waals surface area contributed by atoms with Gasteiger partial charge in [-0.2, -0.15) is 18.3 Å². The van der Waals surface area contributed by atoms with Gasteiger partial charge in [-0.1, -0.05) is 0 Å². The molecule has 0 atom stereocenters. The van der Waals surface area contributed by atoms with Crippen LogP contribution in [-0.4, -0.2) is 34.8 Å². The number of nitrogens with zero attached hydrogens (tertiary/aromatic N) is 2. The Balaban J connectivity index is 2.44. The van der Waals surface area contributed by atoms with Gasteiger partial charge in [0.1, 0.15) is 6.54 Å². The molecule has 1 aliphatic heterocycles. The van der Waals surface area contributed by atoms with Crippen LogP contribution in [-0.2, 0) is 28.7 Å². The SMILES string of the molecule is CCOC(=O)Cn1nc(C(F)(F)F)c2c1CCNC2=O. The van der Waals surface area contributed by atoms with Gasteiger partial charge < -0.3 is 10.1 Å². The largest absolute Gasteiger partial charge is 0.465 e. The van der Waals surface area contributed by atoms with Crippen molar-refractivity contribution in [2.75, 3.05) is 13.2 Å². The number of hydrogen-bond donors (Lipinski definition) is 1. The minimum Gasteiger partial charge on any atom is -0.465 e. The van der Waals surface area contributed by atoms with Crippen molar-refractivity contribution in [3.05, 3.63) is 17.0 Å². The average Bonchev–Trinajstić information content (AvgIpc) is 2.70. The number of nitrogens with one attached hydrogen (secondary N) is 1. The maximum absolute atomic E-state index is 12.9. The maximum Gasteiger partial charge on any atom is 0.435 e. The zero-order valence-electron chi connectivity index (χ0n) is 10.6. The van der Waals surface area contributed by atoms with Crippen LogP contribution in [0.5, 0.6) is 0 Å². The van der Waals surface area contributed by atoms with Gasteiger partial charge in [0.15, 0.2) is 5.69 Å². The number of halogens is 3. The molecular weight excluding hydrogens is 279 g/mol. The van der Waals surface area contributed by atoms with Gasteiger partial charge in [0.05, 0.1) is 17.9 Å². The first-order valence-electron chi connectivity index (χ1n) is 5.95. The summed E-state index contributed by atoms with van der Waals surface area (Å²) in [5.41, 5.74) is -1.67. The fraction of sp³-hybridized carbons (Fsp3) is 0.545. The molecule has 1 aromatic rings. The van der Waals surface area contributed by atoms with Gasteiger partial charge in [-0.15, -0.1) is 0 Å². The third-order valence-electron chi connectivity index (χ3n) is 2.78. The Morgan fingerprint density at radius 3 is 2.80 bits per heavy atom. The Morgan fingerprint density at radius 2 is 2.20 bits per heavy atom. The van der Waals surface area contributed by atoms with Gasteiger partial charge in [-0.05, 0) is 6.92 Å².